The standard InChI is InChI=1S/C29H45N3O8S2/c1-19(2)15-32(42(36,37)21-12-13-24-25(14-21)39-18-38-24)16-23(33)26(20-10-8-7-9-11-20)31-27(34)22(17-41-6)30-28(35)40-29(3,4)5/h7-8,10,12-13,19,22-23,25-26,33H,9,11,14-18H2,1-6H3,(H,30,35)(H,31,34)/t22-,23+,25?,26-/m0/s1. The van der Waals surface area contributed by atoms with Crippen LogP contribution in [0.2, 0.25) is 0 Å². The van der Waals surface area contributed by atoms with E-state index in [-0.39, 0.29) is 42.9 Å². The van der Waals surface area contributed by atoms with E-state index in [1.54, 1.807) is 26.8 Å². The topological polar surface area (TPSA) is 143 Å². The number of aliphatic hydroxyl groups is 1. The fourth-order valence-corrected chi connectivity index (χ4v) is 7.16. The van der Waals surface area contributed by atoms with Crippen LogP contribution in [0.1, 0.15) is 53.9 Å². The Bertz CT molecular complexity index is 1200. The monoisotopic (exact) mass is 627 g/mol. The number of hydrogen-bond donors (Lipinski definition) is 3. The zero-order chi connectivity index (χ0) is 31.1. The maximum Gasteiger partial charge on any atom is 0.408 e. The van der Waals surface area contributed by atoms with Gasteiger partial charge in [0.25, 0.3) is 0 Å². The summed E-state index contributed by atoms with van der Waals surface area (Å²) in [4.78, 5) is 26.1. The molecule has 0 radical (unpaired) electrons. The zero-order valence-corrected chi connectivity index (χ0v) is 26.9. The molecule has 1 saturated heterocycles. The van der Waals surface area contributed by atoms with Crippen LogP contribution in [0.3, 0.4) is 0 Å². The number of carbonyl (C=O) groups excluding carboxylic acids is 2. The normalized spacial score (nSPS) is 21.0. The van der Waals surface area contributed by atoms with Gasteiger partial charge in [0.2, 0.25) is 15.9 Å². The second-order valence-electron chi connectivity index (χ2n) is 12.0. The van der Waals surface area contributed by atoms with E-state index < -0.39 is 51.9 Å². The molecule has 2 aliphatic carbocycles. The van der Waals surface area contributed by atoms with Crippen LogP contribution in [0.25, 0.3) is 0 Å². The number of rotatable bonds is 13. The second kappa shape index (κ2) is 14.9. The number of amides is 2. The molecule has 11 nitrogen and oxygen atoms in total. The van der Waals surface area contributed by atoms with Crippen molar-refractivity contribution in [1.29, 1.82) is 0 Å². The average Bonchev–Trinajstić information content (AvgIpc) is 3.38. The molecule has 42 heavy (non-hydrogen) atoms. The first-order valence-electron chi connectivity index (χ1n) is 14.2. The van der Waals surface area contributed by atoms with Gasteiger partial charge in [-0.15, -0.1) is 0 Å². The maximum absolute atomic E-state index is 13.8. The molecule has 1 aliphatic heterocycles. The predicted molar refractivity (Wildman–Crippen MR) is 163 cm³/mol. The highest BCUT2D eigenvalue weighted by atomic mass is 32.2. The van der Waals surface area contributed by atoms with Gasteiger partial charge in [0, 0.05) is 25.3 Å². The van der Waals surface area contributed by atoms with Gasteiger partial charge in [-0.1, -0.05) is 32.1 Å². The van der Waals surface area contributed by atoms with Crippen LogP contribution in [0.15, 0.2) is 46.6 Å². The maximum atomic E-state index is 13.8. The molecule has 4 atom stereocenters. The smallest absolute Gasteiger partial charge is 0.408 e. The molecule has 3 rings (SSSR count). The van der Waals surface area contributed by atoms with Gasteiger partial charge in [-0.2, -0.15) is 16.1 Å². The summed E-state index contributed by atoms with van der Waals surface area (Å²) < 4.78 is 45.2. The highest BCUT2D eigenvalue weighted by Crippen LogP contribution is 2.32. The lowest BCUT2D eigenvalue weighted by Gasteiger charge is -2.34. The quantitative estimate of drug-likeness (QED) is 0.281. The Morgan fingerprint density at radius 2 is 1.93 bits per heavy atom. The van der Waals surface area contributed by atoms with Crippen molar-refractivity contribution in [2.45, 2.75) is 83.8 Å². The molecule has 2 amide bonds. The number of nitrogens with one attached hydrogen (secondary N) is 2. The van der Waals surface area contributed by atoms with Gasteiger partial charge in [0.1, 0.15) is 23.5 Å². The molecule has 0 spiro atoms. The number of carbonyl (C=O) groups is 2. The van der Waals surface area contributed by atoms with Crippen molar-refractivity contribution in [3.63, 3.8) is 0 Å². The molecule has 1 heterocycles. The van der Waals surface area contributed by atoms with Crippen molar-refractivity contribution in [2.75, 3.05) is 31.9 Å². The van der Waals surface area contributed by atoms with Crippen molar-refractivity contribution >= 4 is 33.8 Å². The summed E-state index contributed by atoms with van der Waals surface area (Å²) in [6, 6.07) is -1.81. The number of hydrogen-bond acceptors (Lipinski definition) is 9. The van der Waals surface area contributed by atoms with Crippen LogP contribution in [0.5, 0.6) is 0 Å². The van der Waals surface area contributed by atoms with Gasteiger partial charge >= 0.3 is 6.09 Å². The Balaban J connectivity index is 1.83. The van der Waals surface area contributed by atoms with Crippen molar-refractivity contribution in [3.05, 3.63) is 46.6 Å². The van der Waals surface area contributed by atoms with Crippen molar-refractivity contribution in [3.8, 4) is 0 Å². The van der Waals surface area contributed by atoms with E-state index >= 15 is 0 Å². The molecule has 3 N–H and O–H groups in total. The third kappa shape index (κ3) is 9.60. The molecule has 0 aromatic heterocycles. The van der Waals surface area contributed by atoms with E-state index in [2.05, 4.69) is 10.6 Å². The highest BCUT2D eigenvalue weighted by molar-refractivity contribution is 7.98. The second-order valence-corrected chi connectivity index (χ2v) is 14.9. The van der Waals surface area contributed by atoms with E-state index in [4.69, 9.17) is 14.2 Å². The molecule has 3 aliphatic rings. The number of fused-ring (bicyclic) bond motifs is 1. The van der Waals surface area contributed by atoms with E-state index in [0.717, 1.165) is 5.57 Å². The summed E-state index contributed by atoms with van der Waals surface area (Å²) in [7, 11) is -3.97. The largest absolute Gasteiger partial charge is 0.469 e. The molecular weight excluding hydrogens is 582 g/mol. The van der Waals surface area contributed by atoms with Gasteiger partial charge in [-0.25, -0.2) is 13.2 Å². The molecule has 1 fully saturated rings. The van der Waals surface area contributed by atoms with E-state index in [0.29, 0.717) is 18.6 Å². The van der Waals surface area contributed by atoms with Gasteiger partial charge in [0.15, 0.2) is 6.79 Å². The van der Waals surface area contributed by atoms with Crippen molar-refractivity contribution < 1.29 is 37.3 Å². The summed E-state index contributed by atoms with van der Waals surface area (Å²) in [5.41, 5.74) is 0.0249. The zero-order valence-electron chi connectivity index (χ0n) is 25.3. The lowest BCUT2D eigenvalue weighted by atomic mass is 9.93. The Hall–Kier alpha value is -2.32. The summed E-state index contributed by atoms with van der Waals surface area (Å²) in [5.74, 6) is 0.350. The first kappa shape index (κ1) is 34.2. The van der Waals surface area contributed by atoms with Gasteiger partial charge in [-0.3, -0.25) is 4.79 Å². The molecule has 0 saturated carbocycles. The van der Waals surface area contributed by atoms with Crippen LogP contribution < -0.4 is 10.6 Å². The van der Waals surface area contributed by atoms with Crippen LogP contribution >= 0.6 is 11.8 Å². The molecule has 13 heteroatoms. The predicted octanol–water partition coefficient (Wildman–Crippen LogP) is 3.20. The number of ether oxygens (including phenoxy) is 3. The van der Waals surface area contributed by atoms with Crippen LogP contribution in [-0.2, 0) is 29.0 Å². The first-order valence-corrected chi connectivity index (χ1v) is 17.0. The van der Waals surface area contributed by atoms with Gasteiger partial charge < -0.3 is 30.0 Å². The lowest BCUT2D eigenvalue weighted by molar-refractivity contribution is -0.124. The Labute approximate surface area is 253 Å². The number of allylic oxidation sites excluding steroid dienone is 5. The third-order valence-corrected chi connectivity index (χ3v) is 9.34. The Morgan fingerprint density at radius 1 is 1.19 bits per heavy atom. The van der Waals surface area contributed by atoms with Gasteiger partial charge in [0.05, 0.1) is 17.1 Å². The highest BCUT2D eigenvalue weighted by Gasteiger charge is 2.38. The average molecular weight is 628 g/mol. The number of alkyl carbamates (subject to hydrolysis) is 1. The molecule has 0 aromatic carbocycles. The van der Waals surface area contributed by atoms with Crippen LogP contribution in [0, 0.1) is 5.92 Å². The summed E-state index contributed by atoms with van der Waals surface area (Å²) >= 11 is 1.38. The van der Waals surface area contributed by atoms with Crippen LogP contribution in [0.4, 0.5) is 4.79 Å². The molecular formula is C29H45N3O8S2. The van der Waals surface area contributed by atoms with Crippen molar-refractivity contribution in [1.82, 2.24) is 14.9 Å². The molecule has 236 valence electrons. The number of sulfonamides is 1. The van der Waals surface area contributed by atoms with Crippen molar-refractivity contribution in [2.24, 2.45) is 5.92 Å². The van der Waals surface area contributed by atoms with E-state index in [1.807, 2.05) is 38.3 Å². The molecule has 0 bridgehead atoms. The van der Waals surface area contributed by atoms with E-state index in [9.17, 15) is 23.1 Å². The number of aliphatic hydroxyl groups excluding tert-OH is 1. The first-order chi connectivity index (χ1) is 19.7. The minimum Gasteiger partial charge on any atom is -0.469 e. The summed E-state index contributed by atoms with van der Waals surface area (Å²) in [6.45, 7) is 9.01. The minimum atomic E-state index is -3.97. The third-order valence-electron chi connectivity index (χ3n) is 6.73. The minimum absolute atomic E-state index is 0.0257. The van der Waals surface area contributed by atoms with Crippen LogP contribution in [-0.4, -0.2) is 91.6 Å². The molecule has 0 aromatic rings. The number of nitrogens with zero attached hydrogens (tertiary/aromatic N) is 1. The Morgan fingerprint density at radius 3 is 2.55 bits per heavy atom. The molecule has 1 unspecified atom stereocenters. The summed E-state index contributed by atoms with van der Waals surface area (Å²) in [6.07, 6.45) is 9.62. The Kier molecular flexibility index (Phi) is 12.1. The van der Waals surface area contributed by atoms with Gasteiger partial charge in [-0.05, 0) is 63.5 Å². The fraction of sp³-hybridized carbons (Fsp3) is 0.655. The number of thioether (sulfide) groups is 1. The SMILES string of the molecule is CSC[C@H](NC(=O)OC(C)(C)C)C(=O)N[C@@H](C1=CC=CCC1)[C@H](O)CN(CC(C)C)S(=O)(=O)C1=CC=C2OCOC2C1. The lowest BCUT2D eigenvalue weighted by Crippen LogP contribution is -2.56. The summed E-state index contributed by atoms with van der Waals surface area (Å²) in [5, 5.41) is 17.1. The van der Waals surface area contributed by atoms with E-state index in [1.165, 1.54) is 22.1 Å². The fourth-order valence-electron chi connectivity index (χ4n) is 4.82.